The lowest BCUT2D eigenvalue weighted by Crippen LogP contribution is -2.25. The van der Waals surface area contributed by atoms with Gasteiger partial charge in [-0.05, 0) is 44.7 Å². The zero-order valence-corrected chi connectivity index (χ0v) is 11.7. The summed E-state index contributed by atoms with van der Waals surface area (Å²) in [5.74, 6) is 0.00183. The third-order valence-electron chi connectivity index (χ3n) is 3.90. The highest BCUT2D eigenvalue weighted by molar-refractivity contribution is 5.93. The van der Waals surface area contributed by atoms with Crippen LogP contribution in [-0.4, -0.2) is 15.5 Å². The van der Waals surface area contributed by atoms with Crippen LogP contribution < -0.4 is 5.32 Å². The molecule has 1 heterocycles. The van der Waals surface area contributed by atoms with E-state index in [1.165, 1.54) is 18.5 Å². The van der Waals surface area contributed by atoms with E-state index in [0.717, 1.165) is 24.2 Å². The lowest BCUT2D eigenvalue weighted by Gasteiger charge is -2.19. The maximum Gasteiger partial charge on any atom is 0.247 e. The number of imidazole rings is 1. The summed E-state index contributed by atoms with van der Waals surface area (Å²) in [5, 5.41) is 2.95. The molecule has 4 nitrogen and oxygen atoms in total. The van der Waals surface area contributed by atoms with Gasteiger partial charge in [0, 0.05) is 11.4 Å². The number of hydrogen-bond donors (Lipinski definition) is 1. The molecule has 0 saturated carbocycles. The van der Waals surface area contributed by atoms with Gasteiger partial charge in [-0.15, -0.1) is 0 Å². The molecule has 20 heavy (non-hydrogen) atoms. The Labute approximate surface area is 118 Å². The second-order valence-corrected chi connectivity index (χ2v) is 5.28. The van der Waals surface area contributed by atoms with Crippen LogP contribution in [0.2, 0.25) is 0 Å². The van der Waals surface area contributed by atoms with Gasteiger partial charge in [-0.3, -0.25) is 4.79 Å². The number of aryl methyl sites for hydroxylation is 1. The predicted octanol–water partition coefficient (Wildman–Crippen LogP) is 2.96. The Hall–Kier alpha value is -2.10. The van der Waals surface area contributed by atoms with Crippen molar-refractivity contribution < 1.29 is 4.79 Å². The zero-order valence-electron chi connectivity index (χ0n) is 11.7. The first-order valence-corrected chi connectivity index (χ1v) is 7.16. The average molecular weight is 269 g/mol. The second-order valence-electron chi connectivity index (χ2n) is 5.28. The molecule has 1 aromatic carbocycles. The van der Waals surface area contributed by atoms with Crippen molar-refractivity contribution in [3.63, 3.8) is 0 Å². The van der Waals surface area contributed by atoms with Crippen molar-refractivity contribution >= 4 is 11.6 Å². The second kappa shape index (κ2) is 5.49. The number of rotatable bonds is 3. The Morgan fingerprint density at radius 2 is 2.00 bits per heavy atom. The van der Waals surface area contributed by atoms with E-state index in [0.29, 0.717) is 0 Å². The number of benzene rings is 1. The number of fused-ring (bicyclic) bond motifs is 1. The summed E-state index contributed by atoms with van der Waals surface area (Å²) in [5.41, 5.74) is 3.22. The number of para-hydroxylation sites is 1. The van der Waals surface area contributed by atoms with E-state index < -0.39 is 0 Å². The summed E-state index contributed by atoms with van der Waals surface area (Å²) in [6.45, 7) is 1.93. The van der Waals surface area contributed by atoms with Crippen LogP contribution in [-0.2, 0) is 17.6 Å². The van der Waals surface area contributed by atoms with E-state index in [1.807, 2.05) is 48.1 Å². The molecule has 1 unspecified atom stereocenters. The standard InChI is InChI=1S/C16H19N3O/c1-12(16(20)18-13-7-3-2-4-8-13)19-11-17-14-9-5-6-10-15(14)19/h2-4,7-8,11-12H,5-6,9-10H2,1H3,(H,18,20). The Morgan fingerprint density at radius 1 is 1.25 bits per heavy atom. The highest BCUT2D eigenvalue weighted by Gasteiger charge is 2.22. The molecule has 0 spiro atoms. The Bertz CT molecular complexity index is 603. The molecular formula is C16H19N3O. The van der Waals surface area contributed by atoms with E-state index in [2.05, 4.69) is 10.3 Å². The number of nitrogens with zero attached hydrogens (tertiary/aromatic N) is 2. The first-order valence-electron chi connectivity index (χ1n) is 7.16. The van der Waals surface area contributed by atoms with Crippen LogP contribution in [0, 0.1) is 0 Å². The Kier molecular flexibility index (Phi) is 3.54. The number of carbonyl (C=O) groups is 1. The molecule has 1 aromatic heterocycles. The fourth-order valence-electron chi connectivity index (χ4n) is 2.72. The van der Waals surface area contributed by atoms with Crippen LogP contribution in [0.1, 0.15) is 37.2 Å². The van der Waals surface area contributed by atoms with Gasteiger partial charge < -0.3 is 9.88 Å². The first kappa shape index (κ1) is 12.9. The SMILES string of the molecule is CC(C(=O)Nc1ccccc1)n1cnc2c1CCCC2. The minimum absolute atomic E-state index is 0.00183. The number of nitrogens with one attached hydrogen (secondary N) is 1. The van der Waals surface area contributed by atoms with E-state index in [9.17, 15) is 4.79 Å². The number of hydrogen-bond acceptors (Lipinski definition) is 2. The lowest BCUT2D eigenvalue weighted by molar-refractivity contribution is -0.118. The number of carbonyl (C=O) groups excluding carboxylic acids is 1. The van der Waals surface area contributed by atoms with Crippen molar-refractivity contribution in [1.29, 1.82) is 0 Å². The van der Waals surface area contributed by atoms with Crippen LogP contribution in [0.5, 0.6) is 0 Å². The third-order valence-corrected chi connectivity index (χ3v) is 3.90. The van der Waals surface area contributed by atoms with Crippen molar-refractivity contribution in [3.05, 3.63) is 48.0 Å². The maximum atomic E-state index is 12.3. The van der Waals surface area contributed by atoms with Crippen molar-refractivity contribution in [2.24, 2.45) is 0 Å². The summed E-state index contributed by atoms with van der Waals surface area (Å²) >= 11 is 0. The summed E-state index contributed by atoms with van der Waals surface area (Å²) < 4.78 is 2.02. The highest BCUT2D eigenvalue weighted by Crippen LogP contribution is 2.23. The predicted molar refractivity (Wildman–Crippen MR) is 78.7 cm³/mol. The van der Waals surface area contributed by atoms with Crippen LogP contribution >= 0.6 is 0 Å². The molecule has 0 fully saturated rings. The van der Waals surface area contributed by atoms with Crippen LogP contribution in [0.4, 0.5) is 5.69 Å². The first-order chi connectivity index (χ1) is 9.75. The van der Waals surface area contributed by atoms with Gasteiger partial charge in [0.25, 0.3) is 0 Å². The molecule has 3 rings (SSSR count). The molecule has 4 heteroatoms. The highest BCUT2D eigenvalue weighted by atomic mass is 16.2. The van der Waals surface area contributed by atoms with Crippen LogP contribution in [0.3, 0.4) is 0 Å². The van der Waals surface area contributed by atoms with Gasteiger partial charge in [0.15, 0.2) is 0 Å². The molecular weight excluding hydrogens is 250 g/mol. The van der Waals surface area contributed by atoms with Crippen LogP contribution in [0.25, 0.3) is 0 Å². The van der Waals surface area contributed by atoms with Gasteiger partial charge in [0.2, 0.25) is 5.91 Å². The van der Waals surface area contributed by atoms with Crippen molar-refractivity contribution in [2.45, 2.75) is 38.6 Å². The van der Waals surface area contributed by atoms with Crippen molar-refractivity contribution in [2.75, 3.05) is 5.32 Å². The van der Waals surface area contributed by atoms with Gasteiger partial charge in [-0.2, -0.15) is 0 Å². The largest absolute Gasteiger partial charge is 0.324 e. The van der Waals surface area contributed by atoms with Gasteiger partial charge >= 0.3 is 0 Å². The minimum Gasteiger partial charge on any atom is -0.324 e. The number of aromatic nitrogens is 2. The molecule has 1 amide bonds. The van der Waals surface area contributed by atoms with Crippen molar-refractivity contribution in [1.82, 2.24) is 9.55 Å². The molecule has 1 atom stereocenters. The molecule has 0 radical (unpaired) electrons. The fraction of sp³-hybridized carbons (Fsp3) is 0.375. The average Bonchev–Trinajstić information content (AvgIpc) is 2.91. The van der Waals surface area contributed by atoms with E-state index >= 15 is 0 Å². The summed E-state index contributed by atoms with van der Waals surface area (Å²) in [6, 6.07) is 9.33. The quantitative estimate of drug-likeness (QED) is 0.931. The van der Waals surface area contributed by atoms with Gasteiger partial charge in [0.05, 0.1) is 12.0 Å². The topological polar surface area (TPSA) is 46.9 Å². The molecule has 0 bridgehead atoms. The zero-order chi connectivity index (χ0) is 13.9. The van der Waals surface area contributed by atoms with E-state index in [4.69, 9.17) is 0 Å². The fourth-order valence-corrected chi connectivity index (χ4v) is 2.72. The van der Waals surface area contributed by atoms with Crippen LogP contribution in [0.15, 0.2) is 36.7 Å². The summed E-state index contributed by atoms with van der Waals surface area (Å²) in [6.07, 6.45) is 6.26. The molecule has 2 aromatic rings. The number of anilines is 1. The molecule has 1 aliphatic rings. The molecule has 104 valence electrons. The van der Waals surface area contributed by atoms with Gasteiger partial charge in [0.1, 0.15) is 6.04 Å². The lowest BCUT2D eigenvalue weighted by atomic mass is 10.0. The van der Waals surface area contributed by atoms with Gasteiger partial charge in [-0.25, -0.2) is 4.98 Å². The third kappa shape index (κ3) is 2.46. The molecule has 1 N–H and O–H groups in total. The van der Waals surface area contributed by atoms with E-state index in [1.54, 1.807) is 0 Å². The Morgan fingerprint density at radius 3 is 2.80 bits per heavy atom. The smallest absolute Gasteiger partial charge is 0.247 e. The molecule has 0 aliphatic heterocycles. The monoisotopic (exact) mass is 269 g/mol. The molecule has 1 aliphatic carbocycles. The normalized spacial score (nSPS) is 15.4. The molecule has 0 saturated heterocycles. The summed E-state index contributed by atoms with van der Waals surface area (Å²) in [7, 11) is 0. The Balaban J connectivity index is 1.77. The van der Waals surface area contributed by atoms with E-state index in [-0.39, 0.29) is 11.9 Å². The van der Waals surface area contributed by atoms with Gasteiger partial charge in [-0.1, -0.05) is 18.2 Å². The summed E-state index contributed by atoms with van der Waals surface area (Å²) in [4.78, 5) is 16.8. The number of amides is 1. The maximum absolute atomic E-state index is 12.3. The van der Waals surface area contributed by atoms with Crippen molar-refractivity contribution in [3.8, 4) is 0 Å². The minimum atomic E-state index is -0.232.